The minimum absolute atomic E-state index is 0.258. The summed E-state index contributed by atoms with van der Waals surface area (Å²) in [5.74, 6) is 0.555. The summed E-state index contributed by atoms with van der Waals surface area (Å²) < 4.78 is 38.5. The van der Waals surface area contributed by atoms with Gasteiger partial charge in [0.05, 0.1) is 11.3 Å². The Morgan fingerprint density at radius 2 is 2.00 bits per heavy atom. The van der Waals surface area contributed by atoms with Crippen LogP contribution >= 0.6 is 0 Å². The molecule has 0 saturated carbocycles. The van der Waals surface area contributed by atoms with Gasteiger partial charge in [0.25, 0.3) is 0 Å². The third-order valence-corrected chi connectivity index (χ3v) is 3.15. The van der Waals surface area contributed by atoms with Crippen LogP contribution in [-0.4, -0.2) is 22.0 Å². The number of rotatable bonds is 2. The van der Waals surface area contributed by atoms with Crippen LogP contribution in [0.5, 0.6) is 0 Å². The van der Waals surface area contributed by atoms with E-state index in [0.29, 0.717) is 17.0 Å². The third kappa shape index (κ3) is 2.42. The highest BCUT2D eigenvalue weighted by Gasteiger charge is 2.31. The van der Waals surface area contributed by atoms with Gasteiger partial charge in [-0.2, -0.15) is 13.2 Å². The molecular weight excluding hydrogens is 281 g/mol. The molecule has 7 heteroatoms. The zero-order chi connectivity index (χ0) is 15.0. The Morgan fingerprint density at radius 3 is 2.71 bits per heavy atom. The van der Waals surface area contributed by atoms with E-state index in [9.17, 15) is 13.2 Å². The Bertz CT molecular complexity index is 792. The van der Waals surface area contributed by atoms with E-state index in [1.807, 2.05) is 0 Å². The van der Waals surface area contributed by atoms with Gasteiger partial charge >= 0.3 is 6.18 Å². The summed E-state index contributed by atoms with van der Waals surface area (Å²) in [6.07, 6.45) is -1.54. The smallest absolute Gasteiger partial charge is 0.373 e. The first kappa shape index (κ1) is 13.4. The van der Waals surface area contributed by atoms with E-state index in [1.54, 1.807) is 25.4 Å². The van der Waals surface area contributed by atoms with Gasteiger partial charge < -0.3 is 10.3 Å². The second kappa shape index (κ2) is 4.76. The van der Waals surface area contributed by atoms with Gasteiger partial charge in [0.2, 0.25) is 0 Å². The molecule has 0 spiro atoms. The van der Waals surface area contributed by atoms with Crippen molar-refractivity contribution in [2.75, 3.05) is 12.4 Å². The number of pyridine rings is 2. The van der Waals surface area contributed by atoms with Crippen molar-refractivity contribution in [3.63, 3.8) is 0 Å². The molecule has 0 unspecified atom stereocenters. The molecule has 0 saturated heterocycles. The number of aromatic nitrogens is 3. The van der Waals surface area contributed by atoms with E-state index in [-0.39, 0.29) is 5.69 Å². The van der Waals surface area contributed by atoms with E-state index in [0.717, 1.165) is 23.7 Å². The average Bonchev–Trinajstić information content (AvgIpc) is 2.93. The van der Waals surface area contributed by atoms with Crippen LogP contribution in [0, 0.1) is 0 Å². The van der Waals surface area contributed by atoms with Crippen LogP contribution in [-0.2, 0) is 6.18 Å². The molecular formula is C14H11F3N4. The lowest BCUT2D eigenvalue weighted by atomic mass is 10.1. The molecule has 4 nitrogen and oxygen atoms in total. The fourth-order valence-electron chi connectivity index (χ4n) is 2.13. The van der Waals surface area contributed by atoms with Crippen LogP contribution in [0.3, 0.4) is 0 Å². The monoisotopic (exact) mass is 292 g/mol. The highest BCUT2D eigenvalue weighted by atomic mass is 19.4. The van der Waals surface area contributed by atoms with Crippen molar-refractivity contribution in [2.24, 2.45) is 0 Å². The fourth-order valence-corrected chi connectivity index (χ4v) is 2.13. The second-order valence-corrected chi connectivity index (χ2v) is 4.47. The van der Waals surface area contributed by atoms with Crippen molar-refractivity contribution >= 4 is 16.9 Å². The molecule has 0 aliphatic heterocycles. The molecule has 0 fully saturated rings. The predicted molar refractivity (Wildman–Crippen MR) is 73.9 cm³/mol. The molecule has 0 bridgehead atoms. The first-order chi connectivity index (χ1) is 9.99. The zero-order valence-corrected chi connectivity index (χ0v) is 11.0. The van der Waals surface area contributed by atoms with Gasteiger partial charge in [-0.05, 0) is 24.3 Å². The second-order valence-electron chi connectivity index (χ2n) is 4.47. The molecule has 0 aliphatic carbocycles. The number of aromatic amines is 1. The lowest BCUT2D eigenvalue weighted by Gasteiger charge is -2.10. The Morgan fingerprint density at radius 1 is 1.19 bits per heavy atom. The number of H-pyrrole nitrogens is 1. The predicted octanol–water partition coefficient (Wildman–Crippen LogP) is 3.69. The van der Waals surface area contributed by atoms with Gasteiger partial charge in [-0.3, -0.25) is 4.98 Å². The number of halogens is 3. The van der Waals surface area contributed by atoms with Crippen LogP contribution in [0.2, 0.25) is 0 Å². The summed E-state index contributed by atoms with van der Waals surface area (Å²) in [7, 11) is 1.69. The Hall–Kier alpha value is -2.57. The van der Waals surface area contributed by atoms with Gasteiger partial charge in [0, 0.05) is 30.4 Å². The Labute approximate surface area is 118 Å². The SMILES string of the molecule is CNc1cc(-c2cc(C(F)(F)F)ccn2)c2cc[nH]c2n1. The summed E-state index contributed by atoms with van der Waals surface area (Å²) in [6, 6.07) is 5.44. The Balaban J connectivity index is 2.22. The lowest BCUT2D eigenvalue weighted by Crippen LogP contribution is -2.05. The fraction of sp³-hybridized carbons (Fsp3) is 0.143. The maximum Gasteiger partial charge on any atom is 0.416 e. The van der Waals surface area contributed by atoms with Gasteiger partial charge in [0.15, 0.2) is 0 Å². The molecule has 108 valence electrons. The molecule has 0 aromatic carbocycles. The van der Waals surface area contributed by atoms with Crippen molar-refractivity contribution < 1.29 is 13.2 Å². The maximum absolute atomic E-state index is 12.8. The number of hydrogen-bond acceptors (Lipinski definition) is 3. The van der Waals surface area contributed by atoms with Gasteiger partial charge in [-0.1, -0.05) is 0 Å². The number of nitrogens with zero attached hydrogens (tertiary/aromatic N) is 2. The molecule has 3 aromatic rings. The largest absolute Gasteiger partial charge is 0.416 e. The van der Waals surface area contributed by atoms with E-state index in [4.69, 9.17) is 0 Å². The molecule has 3 heterocycles. The van der Waals surface area contributed by atoms with Crippen LogP contribution in [0.25, 0.3) is 22.3 Å². The molecule has 0 amide bonds. The van der Waals surface area contributed by atoms with Crippen LogP contribution < -0.4 is 5.32 Å². The normalized spacial score (nSPS) is 11.8. The Kier molecular flexibility index (Phi) is 3.04. The highest BCUT2D eigenvalue weighted by molar-refractivity contribution is 5.93. The maximum atomic E-state index is 12.8. The standard InChI is InChI=1S/C14H11F3N4/c1-18-12-7-10(9-3-5-20-13(9)21-12)11-6-8(2-4-19-11)14(15,16)17/h2-7H,1H3,(H2,18,20,21). The number of fused-ring (bicyclic) bond motifs is 1. The van der Waals surface area contributed by atoms with Crippen LogP contribution in [0.4, 0.5) is 19.0 Å². The van der Waals surface area contributed by atoms with Crippen LogP contribution in [0.15, 0.2) is 36.7 Å². The number of anilines is 1. The van der Waals surface area contributed by atoms with E-state index in [1.165, 1.54) is 0 Å². The minimum atomic E-state index is -4.40. The van der Waals surface area contributed by atoms with Crippen LogP contribution in [0.1, 0.15) is 5.56 Å². The quantitative estimate of drug-likeness (QED) is 0.757. The first-order valence-electron chi connectivity index (χ1n) is 6.18. The average molecular weight is 292 g/mol. The number of alkyl halides is 3. The van der Waals surface area contributed by atoms with E-state index < -0.39 is 11.7 Å². The molecule has 2 N–H and O–H groups in total. The van der Waals surface area contributed by atoms with Crippen molar-refractivity contribution in [1.82, 2.24) is 15.0 Å². The van der Waals surface area contributed by atoms with Crippen molar-refractivity contribution in [1.29, 1.82) is 0 Å². The summed E-state index contributed by atoms with van der Waals surface area (Å²) in [4.78, 5) is 11.3. The first-order valence-corrected chi connectivity index (χ1v) is 6.18. The number of hydrogen-bond donors (Lipinski definition) is 2. The summed E-state index contributed by atoms with van der Waals surface area (Å²) in [5.41, 5.74) is 0.722. The zero-order valence-electron chi connectivity index (χ0n) is 11.0. The van der Waals surface area contributed by atoms with E-state index >= 15 is 0 Å². The van der Waals surface area contributed by atoms with Crippen molar-refractivity contribution in [3.05, 3.63) is 42.2 Å². The highest BCUT2D eigenvalue weighted by Crippen LogP contribution is 2.33. The minimum Gasteiger partial charge on any atom is -0.373 e. The molecule has 0 atom stereocenters. The molecule has 0 radical (unpaired) electrons. The van der Waals surface area contributed by atoms with Gasteiger partial charge in [0.1, 0.15) is 11.5 Å². The molecule has 3 rings (SSSR count). The van der Waals surface area contributed by atoms with Gasteiger partial charge in [-0.15, -0.1) is 0 Å². The third-order valence-electron chi connectivity index (χ3n) is 3.15. The molecule has 0 aliphatic rings. The van der Waals surface area contributed by atoms with Crippen molar-refractivity contribution in [2.45, 2.75) is 6.18 Å². The molecule has 3 aromatic heterocycles. The number of nitrogens with one attached hydrogen (secondary N) is 2. The summed E-state index contributed by atoms with van der Waals surface area (Å²) in [5, 5.41) is 3.61. The molecule has 21 heavy (non-hydrogen) atoms. The topological polar surface area (TPSA) is 53.6 Å². The summed E-state index contributed by atoms with van der Waals surface area (Å²) in [6.45, 7) is 0. The summed E-state index contributed by atoms with van der Waals surface area (Å²) >= 11 is 0. The van der Waals surface area contributed by atoms with Gasteiger partial charge in [-0.25, -0.2) is 4.98 Å². The lowest BCUT2D eigenvalue weighted by molar-refractivity contribution is -0.137. The van der Waals surface area contributed by atoms with E-state index in [2.05, 4.69) is 20.3 Å². The van der Waals surface area contributed by atoms with Crippen molar-refractivity contribution in [3.8, 4) is 11.3 Å².